The van der Waals surface area contributed by atoms with E-state index >= 15 is 0 Å². The second kappa shape index (κ2) is 6.93. The first kappa shape index (κ1) is 17.0. The molecule has 1 aromatic heterocycles. The van der Waals surface area contributed by atoms with Crippen molar-refractivity contribution in [1.82, 2.24) is 4.98 Å². The van der Waals surface area contributed by atoms with Crippen molar-refractivity contribution < 1.29 is 9.53 Å². The van der Waals surface area contributed by atoms with E-state index in [1.54, 1.807) is 14.0 Å². The van der Waals surface area contributed by atoms with E-state index in [9.17, 15) is 4.79 Å². The summed E-state index contributed by atoms with van der Waals surface area (Å²) < 4.78 is 5.84. The van der Waals surface area contributed by atoms with Crippen LogP contribution in [-0.2, 0) is 4.79 Å². The smallest absolute Gasteiger partial charge is 0.252 e. The number of pyridine rings is 1. The lowest BCUT2D eigenvalue weighted by Crippen LogP contribution is -2.25. The molecule has 3 rings (SSSR count). The number of benzene rings is 1. The molecule has 6 nitrogen and oxygen atoms in total. The van der Waals surface area contributed by atoms with Crippen LogP contribution in [-0.4, -0.2) is 29.8 Å². The maximum absolute atomic E-state index is 11.7. The van der Waals surface area contributed by atoms with Gasteiger partial charge in [0.25, 0.3) is 5.91 Å². The fourth-order valence-electron chi connectivity index (χ4n) is 2.86. The van der Waals surface area contributed by atoms with Crippen molar-refractivity contribution in [2.24, 2.45) is 16.5 Å². The Morgan fingerprint density at radius 1 is 1.24 bits per heavy atom. The number of rotatable bonds is 5. The highest BCUT2D eigenvalue weighted by atomic mass is 16.5. The molecule has 0 atom stereocenters. The number of hydrogen-bond acceptors (Lipinski definition) is 5. The molecule has 0 radical (unpaired) electrons. The zero-order chi connectivity index (χ0) is 18.0. The summed E-state index contributed by atoms with van der Waals surface area (Å²) in [5.41, 5.74) is 13.9. The van der Waals surface area contributed by atoms with E-state index < -0.39 is 5.91 Å². The van der Waals surface area contributed by atoms with Gasteiger partial charge < -0.3 is 16.2 Å². The first-order chi connectivity index (χ1) is 12.0. The van der Waals surface area contributed by atoms with E-state index in [2.05, 4.69) is 9.98 Å². The first-order valence-corrected chi connectivity index (χ1v) is 8.30. The Morgan fingerprint density at radius 3 is 2.56 bits per heavy atom. The first-order valence-electron chi connectivity index (χ1n) is 8.30. The summed E-state index contributed by atoms with van der Waals surface area (Å²) in [6.45, 7) is 1.64. The largest absolute Gasteiger partial charge is 0.474 e. The van der Waals surface area contributed by atoms with Crippen molar-refractivity contribution in [3.8, 4) is 5.88 Å². The Hall–Kier alpha value is -2.89. The van der Waals surface area contributed by atoms with Gasteiger partial charge in [-0.1, -0.05) is 6.07 Å². The van der Waals surface area contributed by atoms with Crippen molar-refractivity contribution in [3.63, 3.8) is 0 Å². The molecule has 130 valence electrons. The van der Waals surface area contributed by atoms with E-state index in [0.717, 1.165) is 29.3 Å². The van der Waals surface area contributed by atoms with Gasteiger partial charge in [-0.2, -0.15) is 0 Å². The second-order valence-corrected chi connectivity index (χ2v) is 6.22. The van der Waals surface area contributed by atoms with Crippen molar-refractivity contribution in [1.29, 1.82) is 0 Å². The lowest BCUT2D eigenvalue weighted by molar-refractivity contribution is -0.114. The Bertz CT molecular complexity index is 878. The molecular weight excluding hydrogens is 316 g/mol. The molecule has 25 heavy (non-hydrogen) atoms. The monoisotopic (exact) mass is 338 g/mol. The van der Waals surface area contributed by atoms with E-state index in [1.165, 1.54) is 6.42 Å². The zero-order valence-electron chi connectivity index (χ0n) is 14.5. The summed E-state index contributed by atoms with van der Waals surface area (Å²) in [4.78, 5) is 20.5. The molecule has 2 aromatic rings. The number of allylic oxidation sites excluding steroid dienone is 1. The van der Waals surface area contributed by atoms with Crippen LogP contribution in [0.4, 0.5) is 0 Å². The fraction of sp³-hybridized carbons (Fsp3) is 0.316. The van der Waals surface area contributed by atoms with Gasteiger partial charge in [-0.3, -0.25) is 9.79 Å². The third-order valence-electron chi connectivity index (χ3n) is 4.38. The fourth-order valence-corrected chi connectivity index (χ4v) is 2.86. The van der Waals surface area contributed by atoms with Crippen molar-refractivity contribution in [3.05, 3.63) is 47.2 Å². The topological polar surface area (TPSA) is 104 Å². The van der Waals surface area contributed by atoms with Crippen LogP contribution in [0, 0.1) is 0 Å². The minimum absolute atomic E-state index is 0.236. The number of fused-ring (bicyclic) bond motifs is 1. The number of nitrogens with two attached hydrogens (primary N) is 2. The molecule has 4 N–H and O–H groups in total. The van der Waals surface area contributed by atoms with Gasteiger partial charge in [-0.05, 0) is 44.4 Å². The second-order valence-electron chi connectivity index (χ2n) is 6.22. The number of hydrogen-bond donors (Lipinski definition) is 2. The van der Waals surface area contributed by atoms with Crippen LogP contribution in [0.5, 0.6) is 5.88 Å². The van der Waals surface area contributed by atoms with Crippen LogP contribution in [0.1, 0.15) is 31.7 Å². The normalized spacial score (nSPS) is 16.3. The number of primary amides is 1. The highest BCUT2D eigenvalue weighted by Crippen LogP contribution is 2.26. The summed E-state index contributed by atoms with van der Waals surface area (Å²) in [6, 6.07) is 9.48. The van der Waals surface area contributed by atoms with Crippen molar-refractivity contribution in [2.75, 3.05) is 7.05 Å². The highest BCUT2D eigenvalue weighted by Gasteiger charge is 2.20. The van der Waals surface area contributed by atoms with Gasteiger partial charge in [0.2, 0.25) is 5.88 Å². The zero-order valence-corrected chi connectivity index (χ0v) is 14.5. The maximum Gasteiger partial charge on any atom is 0.252 e. The van der Waals surface area contributed by atoms with Gasteiger partial charge >= 0.3 is 0 Å². The number of aromatic nitrogens is 1. The average Bonchev–Trinajstić information content (AvgIpc) is 2.54. The van der Waals surface area contributed by atoms with Crippen LogP contribution in [0.2, 0.25) is 0 Å². The molecule has 1 saturated carbocycles. The average molecular weight is 338 g/mol. The van der Waals surface area contributed by atoms with Gasteiger partial charge in [0.05, 0.1) is 16.8 Å². The predicted octanol–water partition coefficient (Wildman–Crippen LogP) is 2.30. The molecule has 1 aromatic carbocycles. The van der Waals surface area contributed by atoms with Crippen LogP contribution in [0.25, 0.3) is 10.9 Å². The standard InChI is InChI=1S/C19H22N4O2/c1-11(20)17(19(21)24)18(22-2)13-6-8-15-12(10-13)7-9-16(23-15)25-14-4-3-5-14/h6-10,14H,3-5,20H2,1-2H3,(H2,21,24)/b17-11-,22-18?. The minimum Gasteiger partial charge on any atom is -0.474 e. The number of aliphatic imine (C=N–C) groups is 1. The number of ether oxygens (including phenoxy) is 1. The summed E-state index contributed by atoms with van der Waals surface area (Å²) in [6.07, 6.45) is 3.70. The molecular formula is C19H22N4O2. The molecule has 0 bridgehead atoms. The molecule has 0 spiro atoms. The van der Waals surface area contributed by atoms with E-state index in [-0.39, 0.29) is 5.57 Å². The van der Waals surface area contributed by atoms with Crippen molar-refractivity contribution >= 4 is 22.5 Å². The molecule has 1 aliphatic rings. The molecule has 1 heterocycles. The lowest BCUT2D eigenvalue weighted by atomic mass is 9.96. The van der Waals surface area contributed by atoms with Crippen LogP contribution >= 0.6 is 0 Å². The minimum atomic E-state index is -0.594. The molecule has 0 aliphatic heterocycles. The molecule has 0 unspecified atom stereocenters. The van der Waals surface area contributed by atoms with Crippen LogP contribution in [0.3, 0.4) is 0 Å². The van der Waals surface area contributed by atoms with E-state index in [4.69, 9.17) is 16.2 Å². The number of carbonyl (C=O) groups is 1. The molecule has 1 fully saturated rings. The quantitative estimate of drug-likeness (QED) is 0.645. The summed E-state index contributed by atoms with van der Waals surface area (Å²) >= 11 is 0. The molecule has 1 amide bonds. The Morgan fingerprint density at radius 2 is 2.00 bits per heavy atom. The third kappa shape index (κ3) is 3.47. The molecule has 1 aliphatic carbocycles. The molecule has 6 heteroatoms. The Balaban J connectivity index is 1.96. The van der Waals surface area contributed by atoms with Gasteiger partial charge in [-0.15, -0.1) is 0 Å². The summed E-state index contributed by atoms with van der Waals surface area (Å²) in [7, 11) is 1.61. The van der Waals surface area contributed by atoms with Gasteiger partial charge in [0.1, 0.15) is 6.10 Å². The Labute approximate surface area is 146 Å². The SMILES string of the molecule is CN=C(/C(C(N)=O)=C(\C)N)c1ccc2nc(OC3CCC3)ccc2c1. The number of amides is 1. The highest BCUT2D eigenvalue weighted by molar-refractivity contribution is 6.28. The third-order valence-corrected chi connectivity index (χ3v) is 4.38. The van der Waals surface area contributed by atoms with Crippen molar-refractivity contribution in [2.45, 2.75) is 32.3 Å². The number of nitrogens with zero attached hydrogens (tertiary/aromatic N) is 2. The Kier molecular flexibility index (Phi) is 4.70. The van der Waals surface area contributed by atoms with E-state index in [1.807, 2.05) is 30.3 Å². The van der Waals surface area contributed by atoms with Gasteiger partial charge in [-0.25, -0.2) is 4.98 Å². The summed E-state index contributed by atoms with van der Waals surface area (Å²) in [5, 5.41) is 0.929. The lowest BCUT2D eigenvalue weighted by Gasteiger charge is -2.25. The number of carbonyl (C=O) groups excluding carboxylic acids is 1. The maximum atomic E-state index is 11.7. The van der Waals surface area contributed by atoms with E-state index in [0.29, 0.717) is 23.4 Å². The molecule has 0 saturated heterocycles. The van der Waals surface area contributed by atoms with Gasteiger partial charge in [0, 0.05) is 29.8 Å². The van der Waals surface area contributed by atoms with Crippen LogP contribution in [0.15, 0.2) is 46.6 Å². The van der Waals surface area contributed by atoms with Gasteiger partial charge in [0.15, 0.2) is 0 Å². The van der Waals surface area contributed by atoms with Crippen LogP contribution < -0.4 is 16.2 Å². The predicted molar refractivity (Wildman–Crippen MR) is 98.6 cm³/mol. The summed E-state index contributed by atoms with van der Waals surface area (Å²) in [5.74, 6) is 0.0490.